The fraction of sp³-hybridized carbons (Fsp3) is 0.361. The van der Waals surface area contributed by atoms with Crippen molar-refractivity contribution in [1.82, 2.24) is 15.1 Å². The van der Waals surface area contributed by atoms with Gasteiger partial charge >= 0.3 is 0 Å². The number of ketones is 1. The number of Topliss-reactive ketones (excluding diaryl/α,β-unsaturated/α-hetero) is 1. The second-order valence-electron chi connectivity index (χ2n) is 12.9. The Kier molecular flexibility index (Phi) is 8.78. The third-order valence-electron chi connectivity index (χ3n) is 9.05. The molecule has 45 heavy (non-hydrogen) atoms. The van der Waals surface area contributed by atoms with Gasteiger partial charge in [0.05, 0.1) is 16.8 Å². The van der Waals surface area contributed by atoms with Gasteiger partial charge in [-0.3, -0.25) is 14.4 Å². The molecule has 1 N–H and O–H groups in total. The molecule has 2 fully saturated rings. The van der Waals surface area contributed by atoms with Gasteiger partial charge in [0.15, 0.2) is 5.78 Å². The van der Waals surface area contributed by atoms with Crippen LogP contribution in [0, 0.1) is 18.7 Å². The molecule has 0 bridgehead atoms. The molecule has 6 nitrogen and oxygen atoms in total. The third kappa shape index (κ3) is 6.01. The summed E-state index contributed by atoms with van der Waals surface area (Å²) >= 11 is 2.85. The summed E-state index contributed by atoms with van der Waals surface area (Å²) in [5, 5.41) is 7.14. The maximum atomic E-state index is 14.8. The molecule has 4 aromatic rings. The van der Waals surface area contributed by atoms with Gasteiger partial charge in [0, 0.05) is 42.5 Å². The molecule has 2 aromatic carbocycles. The van der Waals surface area contributed by atoms with Gasteiger partial charge in [-0.2, -0.15) is 0 Å². The molecule has 0 spiro atoms. The molecule has 6 rings (SSSR count). The zero-order valence-corrected chi connectivity index (χ0v) is 27.6. The van der Waals surface area contributed by atoms with Crippen molar-refractivity contribution in [3.8, 4) is 0 Å². The van der Waals surface area contributed by atoms with Crippen LogP contribution in [0.3, 0.4) is 0 Å². The van der Waals surface area contributed by atoms with Gasteiger partial charge in [-0.15, -0.1) is 22.7 Å². The van der Waals surface area contributed by atoms with Crippen LogP contribution in [-0.4, -0.2) is 59.6 Å². The number of amides is 2. The minimum Gasteiger partial charge on any atom is -0.338 e. The van der Waals surface area contributed by atoms with E-state index < -0.39 is 35.6 Å². The number of hydrogen-bond acceptors (Lipinski definition) is 6. The van der Waals surface area contributed by atoms with Gasteiger partial charge in [0.2, 0.25) is 5.91 Å². The Hall–Kier alpha value is -3.66. The summed E-state index contributed by atoms with van der Waals surface area (Å²) in [6.07, 6.45) is 0. The number of thiophene rings is 2. The SMILES string of the molecule is Cc1ccsc1C1C(C(=O)c2cccs2)C(c2ccc(C(C)(C)C)cc2)C(C(=O)N2CCNCC2)N1C(=O)c1cccc(F)c1. The third-order valence-corrected chi connectivity index (χ3v) is 11.0. The Balaban J connectivity index is 1.61. The van der Waals surface area contributed by atoms with Crippen molar-refractivity contribution in [3.63, 3.8) is 0 Å². The van der Waals surface area contributed by atoms with E-state index in [9.17, 15) is 18.8 Å². The van der Waals surface area contributed by atoms with E-state index in [4.69, 9.17) is 0 Å². The number of likely N-dealkylation sites (tertiary alicyclic amines) is 1. The number of halogens is 1. The van der Waals surface area contributed by atoms with Gasteiger partial charge in [0.25, 0.3) is 5.91 Å². The van der Waals surface area contributed by atoms with Crippen molar-refractivity contribution in [2.45, 2.75) is 51.1 Å². The van der Waals surface area contributed by atoms with Gasteiger partial charge < -0.3 is 15.1 Å². The lowest BCUT2D eigenvalue weighted by Crippen LogP contribution is -2.55. The summed E-state index contributed by atoms with van der Waals surface area (Å²) in [6.45, 7) is 10.7. The largest absolute Gasteiger partial charge is 0.338 e. The van der Waals surface area contributed by atoms with Crippen LogP contribution in [0.15, 0.2) is 77.5 Å². The van der Waals surface area contributed by atoms with E-state index in [1.807, 2.05) is 48.0 Å². The summed E-state index contributed by atoms with van der Waals surface area (Å²) < 4.78 is 14.6. The van der Waals surface area contributed by atoms with Crippen LogP contribution in [-0.2, 0) is 10.2 Å². The van der Waals surface area contributed by atoms with Crippen LogP contribution in [0.4, 0.5) is 4.39 Å². The van der Waals surface area contributed by atoms with Crippen LogP contribution in [0.25, 0.3) is 0 Å². The molecule has 2 amide bonds. The van der Waals surface area contributed by atoms with Crippen molar-refractivity contribution in [3.05, 3.63) is 115 Å². The fourth-order valence-electron chi connectivity index (χ4n) is 6.74. The van der Waals surface area contributed by atoms with E-state index >= 15 is 0 Å². The van der Waals surface area contributed by atoms with Gasteiger partial charge in [0.1, 0.15) is 11.9 Å². The predicted octanol–water partition coefficient (Wildman–Crippen LogP) is 6.84. The van der Waals surface area contributed by atoms with Crippen molar-refractivity contribution in [2.75, 3.05) is 26.2 Å². The Labute approximate surface area is 271 Å². The molecule has 2 aromatic heterocycles. The molecule has 2 aliphatic heterocycles. The van der Waals surface area contributed by atoms with Gasteiger partial charge in [-0.05, 0) is 70.1 Å². The quantitative estimate of drug-likeness (QED) is 0.234. The fourth-order valence-corrected chi connectivity index (χ4v) is 8.53. The monoisotopic (exact) mass is 643 g/mol. The maximum Gasteiger partial charge on any atom is 0.255 e. The van der Waals surface area contributed by atoms with Crippen LogP contribution in [0.1, 0.15) is 74.3 Å². The summed E-state index contributed by atoms with van der Waals surface area (Å²) in [4.78, 5) is 49.1. The zero-order chi connectivity index (χ0) is 31.9. The Morgan fingerprint density at radius 3 is 2.24 bits per heavy atom. The number of rotatable bonds is 6. The first kappa shape index (κ1) is 31.3. The zero-order valence-electron chi connectivity index (χ0n) is 26.0. The summed E-state index contributed by atoms with van der Waals surface area (Å²) in [5.74, 6) is -2.64. The molecule has 2 saturated heterocycles. The number of carbonyl (C=O) groups excluding carboxylic acids is 3. The first-order valence-corrected chi connectivity index (χ1v) is 17.1. The van der Waals surface area contributed by atoms with Gasteiger partial charge in [-0.1, -0.05) is 57.2 Å². The first-order valence-electron chi connectivity index (χ1n) is 15.4. The molecule has 0 radical (unpaired) electrons. The normalized spacial score (nSPS) is 22.1. The Bertz CT molecular complexity index is 1690. The number of benzene rings is 2. The average Bonchev–Trinajstić information content (AvgIpc) is 3.79. The number of aryl methyl sites for hydroxylation is 1. The number of hydrogen-bond donors (Lipinski definition) is 1. The molecule has 0 saturated carbocycles. The van der Waals surface area contributed by atoms with E-state index in [2.05, 4.69) is 38.2 Å². The molecule has 4 unspecified atom stereocenters. The van der Waals surface area contributed by atoms with E-state index in [1.165, 1.54) is 40.9 Å². The minimum atomic E-state index is -0.972. The Morgan fingerprint density at radius 2 is 1.64 bits per heavy atom. The molecular formula is C36H38FN3O3S2. The molecular weight excluding hydrogens is 606 g/mol. The highest BCUT2D eigenvalue weighted by Crippen LogP contribution is 2.54. The van der Waals surface area contributed by atoms with Crippen LogP contribution in [0.5, 0.6) is 0 Å². The number of nitrogens with zero attached hydrogens (tertiary/aromatic N) is 2. The summed E-state index contributed by atoms with van der Waals surface area (Å²) in [6, 6.07) is 17.7. The number of piperazine rings is 1. The highest BCUT2D eigenvalue weighted by molar-refractivity contribution is 7.12. The first-order chi connectivity index (χ1) is 21.6. The average molecular weight is 644 g/mol. The lowest BCUT2D eigenvalue weighted by Gasteiger charge is -2.36. The second kappa shape index (κ2) is 12.6. The van der Waals surface area contributed by atoms with E-state index in [0.29, 0.717) is 31.1 Å². The van der Waals surface area contributed by atoms with Crippen molar-refractivity contribution in [2.24, 2.45) is 5.92 Å². The van der Waals surface area contributed by atoms with Crippen LogP contribution < -0.4 is 5.32 Å². The highest BCUT2D eigenvalue weighted by Gasteiger charge is 2.59. The van der Waals surface area contributed by atoms with E-state index in [-0.39, 0.29) is 22.7 Å². The second-order valence-corrected chi connectivity index (χ2v) is 14.8. The molecule has 4 atom stereocenters. The van der Waals surface area contributed by atoms with E-state index in [0.717, 1.165) is 21.6 Å². The summed E-state index contributed by atoms with van der Waals surface area (Å²) in [7, 11) is 0. The highest BCUT2D eigenvalue weighted by atomic mass is 32.1. The van der Waals surface area contributed by atoms with Gasteiger partial charge in [-0.25, -0.2) is 4.39 Å². The minimum absolute atomic E-state index is 0.0909. The van der Waals surface area contributed by atoms with Crippen molar-refractivity contribution in [1.29, 1.82) is 0 Å². The molecule has 9 heteroatoms. The molecule has 4 heterocycles. The van der Waals surface area contributed by atoms with E-state index in [1.54, 1.807) is 15.9 Å². The van der Waals surface area contributed by atoms with Crippen LogP contribution >= 0.6 is 22.7 Å². The van der Waals surface area contributed by atoms with Crippen molar-refractivity contribution < 1.29 is 18.8 Å². The predicted molar refractivity (Wildman–Crippen MR) is 178 cm³/mol. The lowest BCUT2D eigenvalue weighted by atomic mass is 9.77. The van der Waals surface area contributed by atoms with Crippen molar-refractivity contribution >= 4 is 40.3 Å². The standard InChI is InChI=1S/C36H38FN3O3S2/c1-22-14-20-45-33(22)30-29(32(41)27-9-6-19-44-27)28(23-10-12-25(13-11-23)36(2,3)4)31(35(43)39-17-15-38-16-18-39)40(30)34(42)24-7-5-8-26(37)21-24/h5-14,19-21,28-31,38H,15-18H2,1-4H3. The molecule has 0 aliphatic carbocycles. The Morgan fingerprint density at radius 1 is 0.911 bits per heavy atom. The van der Waals surface area contributed by atoms with Crippen LogP contribution in [0.2, 0.25) is 0 Å². The lowest BCUT2D eigenvalue weighted by molar-refractivity contribution is -0.136. The summed E-state index contributed by atoms with van der Waals surface area (Å²) in [5.41, 5.74) is 2.97. The number of nitrogens with one attached hydrogen (secondary N) is 1. The molecule has 2 aliphatic rings. The number of carbonyl (C=O) groups is 3. The molecule has 234 valence electrons. The smallest absolute Gasteiger partial charge is 0.255 e. The topological polar surface area (TPSA) is 69.7 Å². The maximum absolute atomic E-state index is 14.8.